The van der Waals surface area contributed by atoms with Gasteiger partial charge in [0.2, 0.25) is 5.91 Å². The number of nitrogens with one attached hydrogen (secondary N) is 1. The molecule has 0 aromatic heterocycles. The zero-order valence-electron chi connectivity index (χ0n) is 13.9. The highest BCUT2D eigenvalue weighted by atomic mass is 19.1. The Morgan fingerprint density at radius 2 is 1.88 bits per heavy atom. The van der Waals surface area contributed by atoms with Crippen molar-refractivity contribution < 1.29 is 18.7 Å². The Morgan fingerprint density at radius 3 is 2.56 bits per heavy atom. The minimum atomic E-state index is -0.620. The maximum Gasteiger partial charge on any atom is 0.251 e. The van der Waals surface area contributed by atoms with E-state index in [4.69, 9.17) is 4.74 Å². The number of halogens is 1. The van der Waals surface area contributed by atoms with E-state index in [-0.39, 0.29) is 12.1 Å². The number of carbonyl (C=O) groups is 2. The molecule has 5 nitrogen and oxygen atoms in total. The molecule has 0 radical (unpaired) electrons. The third-order valence-corrected chi connectivity index (χ3v) is 4.20. The first-order valence-corrected chi connectivity index (χ1v) is 8.08. The zero-order chi connectivity index (χ0) is 17.8. The highest BCUT2D eigenvalue weighted by molar-refractivity contribution is 6.22. The number of carbonyl (C=O) groups excluding carboxylic acids is 2. The normalized spacial score (nSPS) is 17.2. The smallest absolute Gasteiger partial charge is 0.251 e. The molecule has 6 heteroatoms. The SMILES string of the molecule is COc1ccc(CCNC2CC(=O)N(c3ccccc3F)C2=O)cc1. The van der Waals surface area contributed by atoms with Gasteiger partial charge in [0, 0.05) is 0 Å². The van der Waals surface area contributed by atoms with Crippen LogP contribution < -0.4 is 15.0 Å². The maximum absolute atomic E-state index is 13.9. The van der Waals surface area contributed by atoms with E-state index >= 15 is 0 Å². The van der Waals surface area contributed by atoms with E-state index in [0.29, 0.717) is 13.0 Å². The fourth-order valence-electron chi connectivity index (χ4n) is 2.86. The lowest BCUT2D eigenvalue weighted by Gasteiger charge is -2.16. The van der Waals surface area contributed by atoms with Gasteiger partial charge in [-0.1, -0.05) is 24.3 Å². The minimum absolute atomic E-state index is 0.0111. The summed E-state index contributed by atoms with van der Waals surface area (Å²) in [7, 11) is 1.61. The van der Waals surface area contributed by atoms with Crippen molar-refractivity contribution >= 4 is 17.5 Å². The highest BCUT2D eigenvalue weighted by Gasteiger charge is 2.40. The molecule has 130 valence electrons. The molecule has 0 bridgehead atoms. The number of benzene rings is 2. The topological polar surface area (TPSA) is 58.6 Å². The fraction of sp³-hybridized carbons (Fsp3) is 0.263. The maximum atomic E-state index is 13.9. The summed E-state index contributed by atoms with van der Waals surface area (Å²) < 4.78 is 19.0. The number of hydrogen-bond donors (Lipinski definition) is 1. The van der Waals surface area contributed by atoms with Crippen molar-refractivity contribution in [3.63, 3.8) is 0 Å². The van der Waals surface area contributed by atoms with Crippen molar-refractivity contribution in [3.8, 4) is 5.75 Å². The Hall–Kier alpha value is -2.73. The summed E-state index contributed by atoms with van der Waals surface area (Å²) in [5, 5.41) is 3.09. The molecule has 0 aliphatic carbocycles. The summed E-state index contributed by atoms with van der Waals surface area (Å²) >= 11 is 0. The van der Waals surface area contributed by atoms with Gasteiger partial charge in [-0.15, -0.1) is 0 Å². The predicted octanol–water partition coefficient (Wildman–Crippen LogP) is 2.30. The van der Waals surface area contributed by atoms with Crippen LogP contribution in [-0.4, -0.2) is 31.5 Å². The Labute approximate surface area is 145 Å². The monoisotopic (exact) mass is 342 g/mol. The number of imide groups is 1. The lowest BCUT2D eigenvalue weighted by Crippen LogP contribution is -2.39. The molecule has 2 amide bonds. The van der Waals surface area contributed by atoms with Crippen molar-refractivity contribution in [1.82, 2.24) is 5.32 Å². The van der Waals surface area contributed by atoms with Gasteiger partial charge in [-0.3, -0.25) is 9.59 Å². The molecule has 0 saturated carbocycles. The van der Waals surface area contributed by atoms with Gasteiger partial charge in [-0.05, 0) is 42.8 Å². The largest absolute Gasteiger partial charge is 0.497 e. The molecule has 1 saturated heterocycles. The van der Waals surface area contributed by atoms with Gasteiger partial charge < -0.3 is 10.1 Å². The number of nitrogens with zero attached hydrogens (tertiary/aromatic N) is 1. The van der Waals surface area contributed by atoms with Crippen molar-refractivity contribution in [2.45, 2.75) is 18.9 Å². The van der Waals surface area contributed by atoms with Crippen molar-refractivity contribution in [2.24, 2.45) is 0 Å². The molecular formula is C19H19FN2O3. The first-order valence-electron chi connectivity index (χ1n) is 8.08. The molecule has 1 atom stereocenters. The van der Waals surface area contributed by atoms with Gasteiger partial charge in [-0.2, -0.15) is 0 Å². The molecule has 1 unspecified atom stereocenters. The van der Waals surface area contributed by atoms with Gasteiger partial charge in [0.15, 0.2) is 0 Å². The van der Waals surface area contributed by atoms with E-state index in [1.54, 1.807) is 13.2 Å². The molecule has 1 heterocycles. The summed E-state index contributed by atoms with van der Waals surface area (Å²) in [5.74, 6) is -0.598. The van der Waals surface area contributed by atoms with Crippen LogP contribution in [0.5, 0.6) is 5.75 Å². The lowest BCUT2D eigenvalue weighted by atomic mass is 10.1. The van der Waals surface area contributed by atoms with Crippen LogP contribution in [0.15, 0.2) is 48.5 Å². The van der Waals surface area contributed by atoms with Crippen LogP contribution in [0.25, 0.3) is 0 Å². The van der Waals surface area contributed by atoms with Crippen LogP contribution in [0.3, 0.4) is 0 Å². The van der Waals surface area contributed by atoms with Crippen LogP contribution in [0.1, 0.15) is 12.0 Å². The van der Waals surface area contributed by atoms with Crippen LogP contribution in [-0.2, 0) is 16.0 Å². The fourth-order valence-corrected chi connectivity index (χ4v) is 2.86. The first-order chi connectivity index (χ1) is 12.1. The quantitative estimate of drug-likeness (QED) is 0.819. The third-order valence-electron chi connectivity index (χ3n) is 4.20. The third kappa shape index (κ3) is 3.69. The van der Waals surface area contributed by atoms with Crippen molar-refractivity contribution in [3.05, 3.63) is 59.9 Å². The zero-order valence-corrected chi connectivity index (χ0v) is 13.9. The van der Waals surface area contributed by atoms with Gasteiger partial charge in [0.1, 0.15) is 11.6 Å². The van der Waals surface area contributed by atoms with Gasteiger partial charge in [0.05, 0.1) is 25.3 Å². The molecule has 2 aromatic rings. The standard InChI is InChI=1S/C19H19FN2O3/c1-25-14-8-6-13(7-9-14)10-11-21-16-12-18(23)22(19(16)24)17-5-3-2-4-15(17)20/h2-9,16,21H,10-12H2,1H3. The molecule has 1 aliphatic rings. The summed E-state index contributed by atoms with van der Waals surface area (Å²) in [5.41, 5.74) is 1.10. The van der Waals surface area contributed by atoms with E-state index in [9.17, 15) is 14.0 Å². The summed E-state index contributed by atoms with van der Waals surface area (Å²) in [6.07, 6.45) is 0.747. The molecule has 3 rings (SSSR count). The molecule has 25 heavy (non-hydrogen) atoms. The molecule has 0 spiro atoms. The Bertz CT molecular complexity index is 776. The number of amides is 2. The van der Waals surface area contributed by atoms with E-state index < -0.39 is 23.7 Å². The van der Waals surface area contributed by atoms with Crippen LogP contribution >= 0.6 is 0 Å². The minimum Gasteiger partial charge on any atom is -0.497 e. The Morgan fingerprint density at radius 1 is 1.16 bits per heavy atom. The molecule has 2 aromatic carbocycles. The predicted molar refractivity (Wildman–Crippen MR) is 92.0 cm³/mol. The van der Waals surface area contributed by atoms with Crippen LogP contribution in [0, 0.1) is 5.82 Å². The van der Waals surface area contributed by atoms with Crippen LogP contribution in [0.4, 0.5) is 10.1 Å². The Kier molecular flexibility index (Phi) is 5.09. The number of hydrogen-bond acceptors (Lipinski definition) is 4. The Balaban J connectivity index is 1.59. The number of para-hydroxylation sites is 1. The van der Waals surface area contributed by atoms with Crippen molar-refractivity contribution in [2.75, 3.05) is 18.6 Å². The first kappa shape index (κ1) is 17.1. The highest BCUT2D eigenvalue weighted by Crippen LogP contribution is 2.25. The number of ether oxygens (including phenoxy) is 1. The van der Waals surface area contributed by atoms with E-state index in [1.807, 2.05) is 24.3 Å². The molecule has 1 aliphatic heterocycles. The second-order valence-corrected chi connectivity index (χ2v) is 5.83. The second kappa shape index (κ2) is 7.44. The van der Waals surface area contributed by atoms with Gasteiger partial charge in [0.25, 0.3) is 5.91 Å². The van der Waals surface area contributed by atoms with E-state index in [2.05, 4.69) is 5.32 Å². The average molecular weight is 342 g/mol. The number of rotatable bonds is 6. The lowest BCUT2D eigenvalue weighted by molar-refractivity contribution is -0.121. The molecular weight excluding hydrogens is 323 g/mol. The summed E-state index contributed by atoms with van der Waals surface area (Å²) in [6, 6.07) is 12.8. The number of anilines is 1. The van der Waals surface area contributed by atoms with Gasteiger partial charge >= 0.3 is 0 Å². The molecule has 1 fully saturated rings. The second-order valence-electron chi connectivity index (χ2n) is 5.83. The van der Waals surface area contributed by atoms with E-state index in [1.165, 1.54) is 18.2 Å². The van der Waals surface area contributed by atoms with Gasteiger partial charge in [-0.25, -0.2) is 9.29 Å². The summed E-state index contributed by atoms with van der Waals surface area (Å²) in [4.78, 5) is 25.5. The number of methoxy groups -OCH3 is 1. The summed E-state index contributed by atoms with van der Waals surface area (Å²) in [6.45, 7) is 0.543. The van der Waals surface area contributed by atoms with Crippen LogP contribution in [0.2, 0.25) is 0 Å². The average Bonchev–Trinajstić information content (AvgIpc) is 2.90. The molecule has 1 N–H and O–H groups in total. The van der Waals surface area contributed by atoms with E-state index in [0.717, 1.165) is 16.2 Å². The van der Waals surface area contributed by atoms with Crippen molar-refractivity contribution in [1.29, 1.82) is 0 Å².